The molecular formula is C70H65ClF3N15O7. The van der Waals surface area contributed by atoms with E-state index in [1.54, 1.807) is 76.9 Å². The van der Waals surface area contributed by atoms with Crippen LogP contribution in [0.2, 0.25) is 5.02 Å². The number of amides is 5. The van der Waals surface area contributed by atoms with E-state index >= 15 is 0 Å². The molecule has 3 aromatic carbocycles. The van der Waals surface area contributed by atoms with Crippen LogP contribution in [0.4, 0.5) is 22.8 Å². The van der Waals surface area contributed by atoms with Crippen LogP contribution in [0.3, 0.4) is 0 Å². The molecule has 3 aliphatic heterocycles. The molecule has 2 N–H and O–H groups in total. The van der Waals surface area contributed by atoms with Gasteiger partial charge in [0.05, 0.1) is 150 Å². The Morgan fingerprint density at radius 1 is 0.552 bits per heavy atom. The van der Waals surface area contributed by atoms with Crippen molar-refractivity contribution in [1.82, 2.24) is 59.8 Å². The molecule has 9 heterocycles. The normalized spacial score (nSPS) is 12.9. The van der Waals surface area contributed by atoms with Crippen molar-refractivity contribution < 1.29 is 46.6 Å². The first-order valence-electron chi connectivity index (χ1n) is 30.2. The molecule has 26 heteroatoms. The third kappa shape index (κ3) is 14.8. The molecule has 0 fully saturated rings. The number of carbonyl (C=O) groups is 5. The second-order valence-corrected chi connectivity index (χ2v) is 25.5. The lowest BCUT2D eigenvalue weighted by molar-refractivity contribution is 0.0230. The third-order valence-corrected chi connectivity index (χ3v) is 15.1. The smallest absolute Gasteiger partial charge is 0.417 e. The van der Waals surface area contributed by atoms with Crippen molar-refractivity contribution in [3.8, 4) is 63.4 Å². The number of hydrogen-bond donors (Lipinski definition) is 2. The van der Waals surface area contributed by atoms with Crippen molar-refractivity contribution >= 4 is 41.5 Å². The van der Waals surface area contributed by atoms with Crippen LogP contribution in [0.5, 0.6) is 0 Å². The minimum absolute atomic E-state index is 0.00660. The van der Waals surface area contributed by atoms with E-state index in [0.29, 0.717) is 34.2 Å². The van der Waals surface area contributed by atoms with Gasteiger partial charge in [0.1, 0.15) is 28.7 Å². The molecule has 9 aromatic rings. The number of fused-ring (bicyclic) bond motifs is 3. The molecule has 5 amide bonds. The van der Waals surface area contributed by atoms with Gasteiger partial charge in [-0.1, -0.05) is 71.3 Å². The molecule has 490 valence electrons. The van der Waals surface area contributed by atoms with Gasteiger partial charge in [-0.15, -0.1) is 0 Å². The third-order valence-electron chi connectivity index (χ3n) is 14.8. The predicted octanol–water partition coefficient (Wildman–Crippen LogP) is 14.1. The maximum atomic E-state index is 14.8. The van der Waals surface area contributed by atoms with E-state index in [1.165, 1.54) is 71.0 Å². The Hall–Kier alpha value is -11.4. The molecule has 0 aliphatic carbocycles. The van der Waals surface area contributed by atoms with E-state index in [4.69, 9.17) is 21.1 Å². The first-order chi connectivity index (χ1) is 45.4. The van der Waals surface area contributed by atoms with Crippen LogP contribution in [-0.4, -0.2) is 95.6 Å². The number of benzene rings is 3. The molecule has 0 bridgehead atoms. The summed E-state index contributed by atoms with van der Waals surface area (Å²) < 4.78 is 57.3. The maximum absolute atomic E-state index is 14.8. The van der Waals surface area contributed by atoms with Crippen LogP contribution in [0.1, 0.15) is 183 Å². The fourth-order valence-electron chi connectivity index (χ4n) is 10.2. The van der Waals surface area contributed by atoms with E-state index in [2.05, 4.69) is 54.5 Å². The molecule has 96 heavy (non-hydrogen) atoms. The number of nitrogens with zero attached hydrogens (tertiary/aromatic N) is 13. The number of pyridine rings is 3. The number of nitrogens with one attached hydrogen (secondary N) is 2. The van der Waals surface area contributed by atoms with Gasteiger partial charge in [-0.05, 0) is 132 Å². The number of aromatic nitrogens is 9. The fourth-order valence-corrected chi connectivity index (χ4v) is 10.5. The number of imide groups is 2. The summed E-state index contributed by atoms with van der Waals surface area (Å²) in [4.78, 5) is 78.3. The van der Waals surface area contributed by atoms with Gasteiger partial charge in [-0.25, -0.2) is 56.9 Å². The van der Waals surface area contributed by atoms with E-state index < -0.39 is 52.7 Å². The van der Waals surface area contributed by atoms with Crippen LogP contribution in [-0.2, 0) is 29.1 Å². The summed E-state index contributed by atoms with van der Waals surface area (Å²) in [6, 6.07) is 28.6. The highest BCUT2D eigenvalue weighted by molar-refractivity contribution is 6.35. The Morgan fingerprint density at radius 2 is 0.958 bits per heavy atom. The first kappa shape index (κ1) is 69.0. The second-order valence-electron chi connectivity index (χ2n) is 25.1. The molecule has 22 nitrogen and oxygen atoms in total. The minimum atomic E-state index is -0.813. The van der Waals surface area contributed by atoms with Crippen LogP contribution in [0, 0.1) is 51.4 Å². The van der Waals surface area contributed by atoms with Gasteiger partial charge in [0.15, 0.2) is 0 Å². The summed E-state index contributed by atoms with van der Waals surface area (Å²) >= 11 is 6.23. The zero-order chi connectivity index (χ0) is 69.8. The van der Waals surface area contributed by atoms with E-state index in [-0.39, 0.29) is 110 Å². The van der Waals surface area contributed by atoms with Crippen molar-refractivity contribution in [2.24, 2.45) is 0 Å². The largest absolute Gasteiger partial charge is 0.443 e. The van der Waals surface area contributed by atoms with Crippen LogP contribution in [0.15, 0.2) is 110 Å². The molecular weight excluding hydrogens is 1260 g/mol. The molecule has 12 rings (SSSR count). The lowest BCUT2D eigenvalue weighted by atomic mass is 10.0. The van der Waals surface area contributed by atoms with Gasteiger partial charge in [-0.2, -0.15) is 31.1 Å². The van der Waals surface area contributed by atoms with E-state index in [0.717, 1.165) is 21.2 Å². The maximum Gasteiger partial charge on any atom is 0.417 e. The van der Waals surface area contributed by atoms with Crippen LogP contribution < -0.4 is 5.32 Å². The van der Waals surface area contributed by atoms with Gasteiger partial charge in [0.2, 0.25) is 0 Å². The molecule has 0 spiro atoms. The van der Waals surface area contributed by atoms with Crippen LogP contribution in [0.25, 0.3) is 45.1 Å². The minimum Gasteiger partial charge on any atom is -0.443 e. The lowest BCUT2D eigenvalue weighted by Crippen LogP contribution is -2.37. The molecule has 0 unspecified atom stereocenters. The summed E-state index contributed by atoms with van der Waals surface area (Å²) in [6.07, 6.45) is 3.63. The average Bonchev–Trinajstić information content (AvgIpc) is 1.57. The lowest BCUT2D eigenvalue weighted by Gasteiger charge is -2.23. The highest BCUT2D eigenvalue weighted by atomic mass is 35.5. The molecule has 6 aromatic heterocycles. The predicted molar refractivity (Wildman–Crippen MR) is 347 cm³/mol. The summed E-state index contributed by atoms with van der Waals surface area (Å²) in [6.45, 7) is 22.4. The number of nitriles is 3. The molecule has 0 atom stereocenters. The zero-order valence-corrected chi connectivity index (χ0v) is 55.2. The number of halogens is 4. The number of H-pyrrole nitrogens is 1. The van der Waals surface area contributed by atoms with E-state index in [9.17, 15) is 52.9 Å². The van der Waals surface area contributed by atoms with Crippen molar-refractivity contribution in [3.63, 3.8) is 0 Å². The summed E-state index contributed by atoms with van der Waals surface area (Å²) in [5.41, 5.74) is 4.97. The summed E-state index contributed by atoms with van der Waals surface area (Å²) in [5.74, 6) is -2.29. The van der Waals surface area contributed by atoms with Crippen molar-refractivity contribution in [2.45, 2.75) is 132 Å². The standard InChI is InChI=1S/C25H24FN5O3.C20H16FN5O.C19H15ClFN3O3.C6H10N2/c1-14(2)17-9-10-31(29-17)20-11-18(21-15(12-27)7-6-8-16(21)26)28-19-13-30(23(32)22(19)20)24(33)34-25(3,4)5;1-11(2)14-6-7-26(25-14)17-8-15(24-16-10-23-20(27)19(16)17)18-12(9-22)4-3-5-13(18)21;1-19(2,3)27-18(26)24-9-14-16(17(24)25)11(20)7-13(23-14)15-10(8-22)5-4-6-12(15)21;1-5(2)6-3-4-7-8-6/h6-11,14H,13H2,1-5H3;3-8,11H,10H2,1-2H3,(H,23,27);4-7H,9H2,1-3H3;3-5H,1-2H3,(H,7,8). The summed E-state index contributed by atoms with van der Waals surface area (Å²) in [5, 5.41) is 46.7. The second kappa shape index (κ2) is 28.1. The topological polar surface area (TPSA) is 297 Å². The Morgan fingerprint density at radius 3 is 1.33 bits per heavy atom. The van der Waals surface area contributed by atoms with Gasteiger partial charge >= 0.3 is 12.2 Å². The Labute approximate surface area is 555 Å². The number of hydrogen-bond acceptors (Lipinski definition) is 16. The van der Waals surface area contributed by atoms with Crippen molar-refractivity contribution in [3.05, 3.63) is 200 Å². The first-order valence-corrected chi connectivity index (χ1v) is 30.6. The van der Waals surface area contributed by atoms with Gasteiger partial charge in [0.25, 0.3) is 17.7 Å². The quantitative estimate of drug-likeness (QED) is 0.143. The molecule has 3 aliphatic rings. The van der Waals surface area contributed by atoms with Crippen molar-refractivity contribution in [2.75, 3.05) is 0 Å². The van der Waals surface area contributed by atoms with Gasteiger partial charge in [-0.3, -0.25) is 19.5 Å². The number of aromatic amines is 1. The summed E-state index contributed by atoms with van der Waals surface area (Å²) in [7, 11) is 0. The molecule has 0 saturated heterocycles. The Kier molecular flexibility index (Phi) is 20.2. The molecule has 0 saturated carbocycles. The average molecular weight is 1320 g/mol. The SMILES string of the molecule is CC(C)(C)OC(=O)N1Cc2nc(-c3c(F)cccc3C#N)cc(Cl)c2C1=O.CC(C)c1ccn(-c2cc(-c3c(F)cccc3C#N)nc3c2C(=O)N(C(=O)OC(C)(C)C)C3)n1.CC(C)c1ccn(-c2cc(-c3c(F)cccc3C#N)nc3c2C(=O)NC3)n1.CC(C)c1ccn[nH]1. The van der Waals surface area contributed by atoms with E-state index in [1.807, 2.05) is 64.1 Å². The van der Waals surface area contributed by atoms with Gasteiger partial charge in [0, 0.05) is 24.3 Å². The monoisotopic (exact) mass is 1320 g/mol. The van der Waals surface area contributed by atoms with Crippen LogP contribution >= 0.6 is 11.6 Å². The fraction of sp³-hybridized carbons (Fsp3) is 0.286. The highest BCUT2D eigenvalue weighted by Gasteiger charge is 2.41. The van der Waals surface area contributed by atoms with Gasteiger partial charge < -0.3 is 14.8 Å². The van der Waals surface area contributed by atoms with Crippen molar-refractivity contribution in [1.29, 1.82) is 15.8 Å². The zero-order valence-electron chi connectivity index (χ0n) is 54.4. The highest BCUT2D eigenvalue weighted by Crippen LogP contribution is 2.38. The Bertz CT molecular complexity index is 4680. The number of rotatable bonds is 8. The Balaban J connectivity index is 0.000000160. The number of ether oxygens (including phenoxy) is 2. The number of carbonyl (C=O) groups excluding carboxylic acids is 5. The molecule has 0 radical (unpaired) electrons.